The second kappa shape index (κ2) is 11.6. The molecule has 4 aliphatic carbocycles. The minimum atomic E-state index is 0.0610. The van der Waals surface area contributed by atoms with E-state index in [2.05, 4.69) is 176 Å². The molecule has 4 saturated carbocycles. The van der Waals surface area contributed by atoms with Crippen LogP contribution in [0.1, 0.15) is 69.6 Å². The van der Waals surface area contributed by atoms with E-state index >= 15 is 0 Å². The molecule has 7 aromatic carbocycles. The van der Waals surface area contributed by atoms with Gasteiger partial charge in [0.05, 0.1) is 5.69 Å². The van der Waals surface area contributed by atoms with Crippen LogP contribution < -0.4 is 26.2 Å². The molecule has 4 heteroatoms. The Morgan fingerprint density at radius 3 is 2.03 bits per heavy atom. The number of furan rings is 1. The summed E-state index contributed by atoms with van der Waals surface area (Å²) in [5.41, 5.74) is 20.9. The SMILES string of the molecule is CC(C)(C)c1ccc(N2c3cc(-c4cccc5c4oc4ccccc45)ccc3B3c4cccc5c4N(c4ccccc4C54C5CC6CC(C5)CC4C6)c4cccc2c43)cc1. The smallest absolute Gasteiger partial charge is 0.252 e. The van der Waals surface area contributed by atoms with Crippen LogP contribution in [0.5, 0.6) is 0 Å². The highest BCUT2D eigenvalue weighted by Gasteiger charge is 2.62. The summed E-state index contributed by atoms with van der Waals surface area (Å²) in [7, 11) is 0. The molecule has 4 fully saturated rings. The number of para-hydroxylation sites is 4. The molecular formula is C56H47BN2O. The number of hydrogen-bond acceptors (Lipinski definition) is 3. The van der Waals surface area contributed by atoms with Gasteiger partial charge in [0.15, 0.2) is 0 Å². The van der Waals surface area contributed by atoms with Gasteiger partial charge in [0.25, 0.3) is 6.71 Å². The fourth-order valence-corrected chi connectivity index (χ4v) is 14.1. The molecule has 3 nitrogen and oxygen atoms in total. The van der Waals surface area contributed by atoms with E-state index in [4.69, 9.17) is 4.42 Å². The second-order valence-electron chi connectivity index (χ2n) is 20.1. The highest BCUT2D eigenvalue weighted by molar-refractivity contribution is 7.00. The molecule has 4 bridgehead atoms. The zero-order chi connectivity index (χ0) is 39.6. The Balaban J connectivity index is 1.04. The molecule has 8 aromatic rings. The average molecular weight is 775 g/mol. The van der Waals surface area contributed by atoms with E-state index in [0.717, 1.165) is 39.3 Å². The van der Waals surface area contributed by atoms with Gasteiger partial charge in [0, 0.05) is 50.2 Å². The zero-order valence-corrected chi connectivity index (χ0v) is 34.6. The highest BCUT2D eigenvalue weighted by atomic mass is 16.3. The van der Waals surface area contributed by atoms with Crippen LogP contribution in [-0.4, -0.2) is 6.71 Å². The molecule has 0 amide bonds. The van der Waals surface area contributed by atoms with Crippen molar-refractivity contribution in [1.29, 1.82) is 0 Å². The molecule has 0 N–H and O–H groups in total. The quantitative estimate of drug-likeness (QED) is 0.163. The molecule has 0 unspecified atom stereocenters. The predicted octanol–water partition coefficient (Wildman–Crippen LogP) is 12.7. The first-order valence-electron chi connectivity index (χ1n) is 22.5. The number of benzene rings is 7. The number of hydrogen-bond donors (Lipinski definition) is 0. The topological polar surface area (TPSA) is 19.6 Å². The summed E-state index contributed by atoms with van der Waals surface area (Å²) in [5, 5.41) is 2.32. The van der Waals surface area contributed by atoms with Crippen molar-refractivity contribution in [3.05, 3.63) is 162 Å². The van der Waals surface area contributed by atoms with Crippen LogP contribution in [0.3, 0.4) is 0 Å². The number of anilines is 6. The Bertz CT molecular complexity index is 3100. The standard InChI is InChI=1S/C56H47BN2O/c1-55(2,3)36-22-24-39(25-23-36)58-48-18-10-19-49-52(48)57(45-26-21-35(32-50(45)58)40-12-8-13-42-41-11-4-7-20-51(41)60-54(40)42)46-16-9-15-44-53(46)59(49)47-17-6-5-14-43(47)56(44)37-28-33-27-34(30-37)31-38(56)29-33/h4-26,32-34,37-38H,27-31H2,1-3H3. The first-order chi connectivity index (χ1) is 29.4. The van der Waals surface area contributed by atoms with Gasteiger partial charge in [-0.2, -0.15) is 0 Å². The summed E-state index contributed by atoms with van der Waals surface area (Å²) in [6, 6.07) is 55.9. The monoisotopic (exact) mass is 774 g/mol. The van der Waals surface area contributed by atoms with E-state index in [-0.39, 0.29) is 17.5 Å². The normalized spacial score (nSPS) is 23.9. The maximum absolute atomic E-state index is 6.66. The Labute approximate surface area is 352 Å². The largest absolute Gasteiger partial charge is 0.455 e. The van der Waals surface area contributed by atoms with Gasteiger partial charge in [-0.25, -0.2) is 0 Å². The van der Waals surface area contributed by atoms with Crippen molar-refractivity contribution in [1.82, 2.24) is 0 Å². The molecule has 7 aliphatic rings. The maximum Gasteiger partial charge on any atom is 0.252 e. The van der Waals surface area contributed by atoms with Crippen molar-refractivity contribution in [2.45, 2.75) is 63.7 Å². The Kier molecular flexibility index (Phi) is 6.55. The van der Waals surface area contributed by atoms with Gasteiger partial charge in [0.2, 0.25) is 0 Å². The van der Waals surface area contributed by atoms with E-state index in [1.165, 1.54) is 93.7 Å². The number of nitrogens with zero attached hydrogens (tertiary/aromatic N) is 2. The van der Waals surface area contributed by atoms with Crippen molar-refractivity contribution in [2.75, 3.05) is 9.80 Å². The summed E-state index contributed by atoms with van der Waals surface area (Å²) >= 11 is 0. The molecule has 1 spiro atoms. The predicted molar refractivity (Wildman–Crippen MR) is 250 cm³/mol. The van der Waals surface area contributed by atoms with Crippen LogP contribution in [0.15, 0.2) is 150 Å². The highest BCUT2D eigenvalue weighted by Crippen LogP contribution is 2.69. The van der Waals surface area contributed by atoms with Crippen molar-refractivity contribution < 1.29 is 4.42 Å². The van der Waals surface area contributed by atoms with Gasteiger partial charge in [-0.3, -0.25) is 0 Å². The lowest BCUT2D eigenvalue weighted by Crippen LogP contribution is -2.64. The zero-order valence-electron chi connectivity index (χ0n) is 34.6. The minimum Gasteiger partial charge on any atom is -0.455 e. The molecule has 0 radical (unpaired) electrons. The third-order valence-electron chi connectivity index (χ3n) is 16.2. The molecule has 15 rings (SSSR count). The third kappa shape index (κ3) is 4.22. The first-order valence-corrected chi connectivity index (χ1v) is 22.5. The average Bonchev–Trinajstić information content (AvgIpc) is 3.65. The van der Waals surface area contributed by atoms with Crippen molar-refractivity contribution in [3.8, 4) is 11.1 Å². The van der Waals surface area contributed by atoms with Crippen LogP contribution in [0, 0.1) is 23.7 Å². The molecule has 290 valence electrons. The second-order valence-corrected chi connectivity index (χ2v) is 20.1. The van der Waals surface area contributed by atoms with Gasteiger partial charge in [-0.15, -0.1) is 0 Å². The Morgan fingerprint density at radius 2 is 1.23 bits per heavy atom. The van der Waals surface area contributed by atoms with Crippen LogP contribution in [0.4, 0.5) is 34.1 Å². The summed E-state index contributed by atoms with van der Waals surface area (Å²) in [4.78, 5) is 5.26. The number of rotatable bonds is 2. The van der Waals surface area contributed by atoms with Gasteiger partial charge < -0.3 is 14.2 Å². The summed E-state index contributed by atoms with van der Waals surface area (Å²) in [5.74, 6) is 3.20. The van der Waals surface area contributed by atoms with Gasteiger partial charge in [0.1, 0.15) is 11.2 Å². The van der Waals surface area contributed by atoms with E-state index in [1.807, 2.05) is 0 Å². The lowest BCUT2D eigenvalue weighted by atomic mass is 9.32. The van der Waals surface area contributed by atoms with Crippen molar-refractivity contribution in [2.24, 2.45) is 23.7 Å². The first kappa shape index (κ1) is 33.8. The molecule has 0 atom stereocenters. The van der Waals surface area contributed by atoms with E-state index in [9.17, 15) is 0 Å². The van der Waals surface area contributed by atoms with E-state index in [0.29, 0.717) is 11.8 Å². The minimum absolute atomic E-state index is 0.0610. The molecular weight excluding hydrogens is 727 g/mol. The third-order valence-corrected chi connectivity index (χ3v) is 16.2. The van der Waals surface area contributed by atoms with Gasteiger partial charge in [-0.1, -0.05) is 124 Å². The van der Waals surface area contributed by atoms with Crippen LogP contribution in [0.25, 0.3) is 33.1 Å². The van der Waals surface area contributed by atoms with Crippen LogP contribution in [-0.2, 0) is 10.8 Å². The molecule has 60 heavy (non-hydrogen) atoms. The molecule has 4 heterocycles. The summed E-state index contributed by atoms with van der Waals surface area (Å²) < 4.78 is 6.66. The summed E-state index contributed by atoms with van der Waals surface area (Å²) in [6.07, 6.45) is 6.97. The Hall–Kier alpha value is -6.00. The molecule has 1 aromatic heterocycles. The van der Waals surface area contributed by atoms with Crippen molar-refractivity contribution in [3.63, 3.8) is 0 Å². The fraction of sp³-hybridized carbons (Fsp3) is 0.250. The van der Waals surface area contributed by atoms with Crippen LogP contribution in [0.2, 0.25) is 0 Å². The van der Waals surface area contributed by atoms with Gasteiger partial charge in [-0.05, 0) is 142 Å². The van der Waals surface area contributed by atoms with E-state index < -0.39 is 0 Å². The Morgan fingerprint density at radius 1 is 0.567 bits per heavy atom. The maximum atomic E-state index is 6.66. The number of fused-ring (bicyclic) bond motifs is 9. The van der Waals surface area contributed by atoms with E-state index in [1.54, 1.807) is 11.1 Å². The lowest BCUT2D eigenvalue weighted by molar-refractivity contribution is -0.0419. The van der Waals surface area contributed by atoms with Crippen molar-refractivity contribution >= 4 is 79.2 Å². The summed E-state index contributed by atoms with van der Waals surface area (Å²) in [6.45, 7) is 7.00. The fourth-order valence-electron chi connectivity index (χ4n) is 14.1. The van der Waals surface area contributed by atoms with Gasteiger partial charge >= 0.3 is 0 Å². The lowest BCUT2D eigenvalue weighted by Gasteiger charge is -2.64. The van der Waals surface area contributed by atoms with Crippen LogP contribution >= 0.6 is 0 Å². The molecule has 0 saturated heterocycles. The molecule has 3 aliphatic heterocycles.